The molecule has 1 rings (SSSR count). The fraction of sp³-hybridized carbons (Fsp3) is 0.467. The largest absolute Gasteiger partial charge is 0.493 e. The molecule has 5 nitrogen and oxygen atoms in total. The van der Waals surface area contributed by atoms with Crippen molar-refractivity contribution in [3.05, 3.63) is 29.8 Å². The summed E-state index contributed by atoms with van der Waals surface area (Å²) < 4.78 is 5.49. The van der Waals surface area contributed by atoms with Crippen molar-refractivity contribution in [3.63, 3.8) is 0 Å². The second-order valence-electron chi connectivity index (χ2n) is 4.60. The Balaban J connectivity index is 2.28. The molecule has 0 unspecified atom stereocenters. The monoisotopic (exact) mass is 278 g/mol. The highest BCUT2D eigenvalue weighted by molar-refractivity contribution is 5.87. The first-order chi connectivity index (χ1) is 9.52. The van der Waals surface area contributed by atoms with E-state index >= 15 is 0 Å². The first kappa shape index (κ1) is 16.0. The van der Waals surface area contributed by atoms with E-state index in [1.807, 2.05) is 38.1 Å². The number of amides is 2. The van der Waals surface area contributed by atoms with Crippen LogP contribution in [0.4, 0.5) is 0 Å². The summed E-state index contributed by atoms with van der Waals surface area (Å²) in [5.41, 5.74) is 1.11. The van der Waals surface area contributed by atoms with E-state index in [1.54, 1.807) is 6.92 Å². The highest BCUT2D eigenvalue weighted by Crippen LogP contribution is 2.12. The summed E-state index contributed by atoms with van der Waals surface area (Å²) in [5.74, 6) is 0.367. The number of ether oxygens (including phenoxy) is 1. The minimum Gasteiger partial charge on any atom is -0.493 e. The Labute approximate surface area is 119 Å². The average Bonchev–Trinajstić information content (AvgIpc) is 2.39. The van der Waals surface area contributed by atoms with E-state index in [0.29, 0.717) is 6.54 Å². The predicted octanol–water partition coefficient (Wildman–Crippen LogP) is 1.40. The van der Waals surface area contributed by atoms with Gasteiger partial charge in [0.05, 0.1) is 13.0 Å². The van der Waals surface area contributed by atoms with Crippen molar-refractivity contribution in [2.24, 2.45) is 0 Å². The van der Waals surface area contributed by atoms with Crippen LogP contribution in [0.3, 0.4) is 0 Å². The van der Waals surface area contributed by atoms with Gasteiger partial charge in [-0.25, -0.2) is 0 Å². The molecule has 0 heterocycles. The van der Waals surface area contributed by atoms with E-state index in [2.05, 4.69) is 10.6 Å². The third kappa shape index (κ3) is 5.73. The van der Waals surface area contributed by atoms with Gasteiger partial charge in [0, 0.05) is 6.54 Å². The number of aryl methyl sites for hydroxylation is 1. The highest BCUT2D eigenvalue weighted by Gasteiger charge is 2.14. The van der Waals surface area contributed by atoms with Gasteiger partial charge in [-0.1, -0.05) is 12.1 Å². The van der Waals surface area contributed by atoms with Gasteiger partial charge in [-0.2, -0.15) is 0 Å². The molecule has 0 bridgehead atoms. The van der Waals surface area contributed by atoms with E-state index in [1.165, 1.54) is 0 Å². The highest BCUT2D eigenvalue weighted by atomic mass is 16.5. The molecule has 0 aliphatic carbocycles. The molecule has 1 aromatic rings. The van der Waals surface area contributed by atoms with Crippen LogP contribution < -0.4 is 15.4 Å². The summed E-state index contributed by atoms with van der Waals surface area (Å²) >= 11 is 0. The van der Waals surface area contributed by atoms with Gasteiger partial charge in [0.15, 0.2) is 0 Å². The van der Waals surface area contributed by atoms with Gasteiger partial charge in [0.2, 0.25) is 11.8 Å². The lowest BCUT2D eigenvalue weighted by atomic mass is 10.2. The van der Waals surface area contributed by atoms with Crippen LogP contribution in [-0.4, -0.2) is 31.0 Å². The Bertz CT molecular complexity index is 460. The first-order valence-electron chi connectivity index (χ1n) is 6.79. The van der Waals surface area contributed by atoms with E-state index in [-0.39, 0.29) is 24.8 Å². The summed E-state index contributed by atoms with van der Waals surface area (Å²) in [6.07, 6.45) is 0.220. The van der Waals surface area contributed by atoms with Gasteiger partial charge in [-0.05, 0) is 38.5 Å². The summed E-state index contributed by atoms with van der Waals surface area (Å²) in [6, 6.07) is 7.12. The molecule has 0 aliphatic rings. The molecule has 0 saturated heterocycles. The standard InChI is InChI=1S/C15H22N2O3/c1-4-16-15(19)12(3)17-14(18)8-9-20-13-7-5-6-11(2)10-13/h5-7,10,12H,4,8-9H2,1-3H3,(H,16,19)(H,17,18)/t12-/m1/s1. The Morgan fingerprint density at radius 3 is 2.75 bits per heavy atom. The molecule has 0 aromatic heterocycles. The lowest BCUT2D eigenvalue weighted by Crippen LogP contribution is -2.45. The van der Waals surface area contributed by atoms with Crippen molar-refractivity contribution < 1.29 is 14.3 Å². The molecule has 2 amide bonds. The van der Waals surface area contributed by atoms with Crippen molar-refractivity contribution in [3.8, 4) is 5.75 Å². The second-order valence-corrected chi connectivity index (χ2v) is 4.60. The molecule has 0 fully saturated rings. The molecule has 0 spiro atoms. The molecule has 0 aliphatic heterocycles. The van der Waals surface area contributed by atoms with Crippen LogP contribution in [0.1, 0.15) is 25.8 Å². The number of likely N-dealkylation sites (N-methyl/N-ethyl adjacent to an activating group) is 1. The molecule has 2 N–H and O–H groups in total. The van der Waals surface area contributed by atoms with E-state index in [9.17, 15) is 9.59 Å². The summed E-state index contributed by atoms with van der Waals surface area (Å²) in [6.45, 7) is 6.31. The van der Waals surface area contributed by atoms with E-state index < -0.39 is 6.04 Å². The lowest BCUT2D eigenvalue weighted by molar-refractivity contribution is -0.128. The normalized spacial score (nSPS) is 11.6. The van der Waals surface area contributed by atoms with E-state index in [4.69, 9.17) is 4.74 Å². The molecule has 20 heavy (non-hydrogen) atoms. The maximum Gasteiger partial charge on any atom is 0.242 e. The number of rotatable bonds is 7. The number of carbonyl (C=O) groups is 2. The van der Waals surface area contributed by atoms with E-state index in [0.717, 1.165) is 11.3 Å². The van der Waals surface area contributed by atoms with Gasteiger partial charge >= 0.3 is 0 Å². The number of carbonyl (C=O) groups excluding carboxylic acids is 2. The fourth-order valence-electron chi connectivity index (χ4n) is 1.67. The van der Waals surface area contributed by atoms with Gasteiger partial charge in [-0.3, -0.25) is 9.59 Å². The summed E-state index contributed by atoms with van der Waals surface area (Å²) in [4.78, 5) is 23.1. The molecule has 1 aromatic carbocycles. The predicted molar refractivity (Wildman–Crippen MR) is 77.6 cm³/mol. The molecule has 0 saturated carbocycles. The topological polar surface area (TPSA) is 67.4 Å². The van der Waals surface area contributed by atoms with Crippen LogP contribution in [0.15, 0.2) is 24.3 Å². The minimum absolute atomic E-state index is 0.180. The average molecular weight is 278 g/mol. The van der Waals surface area contributed by atoms with Gasteiger partial charge in [0.25, 0.3) is 0 Å². The molecule has 0 radical (unpaired) electrons. The fourth-order valence-corrected chi connectivity index (χ4v) is 1.67. The van der Waals surface area contributed by atoms with Gasteiger partial charge in [0.1, 0.15) is 11.8 Å². The van der Waals surface area contributed by atoms with Gasteiger partial charge in [-0.15, -0.1) is 0 Å². The van der Waals surface area contributed by atoms with Crippen molar-refractivity contribution in [2.45, 2.75) is 33.2 Å². The zero-order valence-corrected chi connectivity index (χ0v) is 12.2. The molecule has 5 heteroatoms. The zero-order valence-electron chi connectivity index (χ0n) is 12.2. The maximum absolute atomic E-state index is 11.6. The van der Waals surface area contributed by atoms with Crippen LogP contribution in [-0.2, 0) is 9.59 Å². The van der Waals surface area contributed by atoms with Crippen LogP contribution >= 0.6 is 0 Å². The lowest BCUT2D eigenvalue weighted by Gasteiger charge is -2.13. The molecular formula is C15H22N2O3. The quantitative estimate of drug-likeness (QED) is 0.792. The third-order valence-corrected chi connectivity index (χ3v) is 2.71. The van der Waals surface area contributed by atoms with Crippen molar-refractivity contribution in [1.82, 2.24) is 10.6 Å². The molecule has 1 atom stereocenters. The van der Waals surface area contributed by atoms with Gasteiger partial charge < -0.3 is 15.4 Å². The number of hydrogen-bond donors (Lipinski definition) is 2. The number of hydrogen-bond acceptors (Lipinski definition) is 3. The Hall–Kier alpha value is -2.04. The Morgan fingerprint density at radius 1 is 1.35 bits per heavy atom. The molecule has 110 valence electrons. The van der Waals surface area contributed by atoms with Crippen LogP contribution in [0, 0.1) is 6.92 Å². The van der Waals surface area contributed by atoms with Crippen LogP contribution in [0.2, 0.25) is 0 Å². The maximum atomic E-state index is 11.6. The summed E-state index contributed by atoms with van der Waals surface area (Å²) in [5, 5.41) is 5.29. The van der Waals surface area contributed by atoms with Crippen molar-refractivity contribution in [1.29, 1.82) is 0 Å². The smallest absolute Gasteiger partial charge is 0.242 e. The number of benzene rings is 1. The summed E-state index contributed by atoms with van der Waals surface area (Å²) in [7, 11) is 0. The minimum atomic E-state index is -0.526. The number of nitrogens with one attached hydrogen (secondary N) is 2. The second kappa shape index (κ2) is 8.19. The van der Waals surface area contributed by atoms with Crippen molar-refractivity contribution >= 4 is 11.8 Å². The molecular weight excluding hydrogens is 256 g/mol. The Morgan fingerprint density at radius 2 is 2.10 bits per heavy atom. The SMILES string of the molecule is CCNC(=O)[C@@H](C)NC(=O)CCOc1cccc(C)c1. The Kier molecular flexibility index (Phi) is 6.56. The van der Waals surface area contributed by atoms with Crippen LogP contribution in [0.25, 0.3) is 0 Å². The first-order valence-corrected chi connectivity index (χ1v) is 6.79. The third-order valence-electron chi connectivity index (χ3n) is 2.71. The zero-order chi connectivity index (χ0) is 15.0. The van der Waals surface area contributed by atoms with Crippen molar-refractivity contribution in [2.75, 3.05) is 13.2 Å². The van der Waals surface area contributed by atoms with Crippen LogP contribution in [0.5, 0.6) is 5.75 Å².